The number of halogens is 1. The summed E-state index contributed by atoms with van der Waals surface area (Å²) in [5.41, 5.74) is 3.11. The fraction of sp³-hybridized carbons (Fsp3) is 0.500. The number of hydrogen-bond acceptors (Lipinski definition) is 4. The van der Waals surface area contributed by atoms with Gasteiger partial charge in [0.1, 0.15) is 17.8 Å². The largest absolute Gasteiger partial charge is 0.497 e. The topological polar surface area (TPSA) is 68.0 Å². The zero-order chi connectivity index (χ0) is 24.8. The third-order valence-electron chi connectivity index (χ3n) is 6.68. The maximum Gasteiger partial charge on any atom is 0.275 e. The van der Waals surface area contributed by atoms with Gasteiger partial charge in [0.05, 0.1) is 12.8 Å². The Morgan fingerprint density at radius 1 is 1.08 bits per heavy atom. The van der Waals surface area contributed by atoms with Crippen LogP contribution in [0, 0.1) is 0 Å². The molecule has 36 heavy (non-hydrogen) atoms. The van der Waals surface area contributed by atoms with Crippen LogP contribution in [0.2, 0.25) is 0 Å². The van der Waals surface area contributed by atoms with Crippen molar-refractivity contribution in [2.24, 2.45) is 0 Å². The van der Waals surface area contributed by atoms with E-state index in [1.54, 1.807) is 11.7 Å². The van der Waals surface area contributed by atoms with Crippen LogP contribution >= 0.6 is 12.4 Å². The minimum absolute atomic E-state index is 0. The second-order valence-corrected chi connectivity index (χ2v) is 9.86. The standard InChI is InChI=1S/C28H38N4O3.ClH/c1-21(2)29-27(33)20-32-26(23-11-9-12-24(17-23)35-3)19-31-18-22(16-25(31)28(32)34)10-5-8-15-30-13-6-4-7-14-30;/h9,11-12,16-19,21H,4-8,10,13-15,20H2,1-3H3,(H,29,33);1H. The van der Waals surface area contributed by atoms with Crippen molar-refractivity contribution in [3.63, 3.8) is 0 Å². The number of unbranched alkanes of at least 4 members (excludes halogenated alkanes) is 1. The predicted octanol–water partition coefficient (Wildman–Crippen LogP) is 4.53. The quantitative estimate of drug-likeness (QED) is 0.403. The number of amides is 1. The molecule has 1 fully saturated rings. The second-order valence-electron chi connectivity index (χ2n) is 9.86. The van der Waals surface area contributed by atoms with E-state index in [0.29, 0.717) is 17.0 Å². The molecule has 8 heteroatoms. The number of fused-ring (bicyclic) bond motifs is 1. The lowest BCUT2D eigenvalue weighted by molar-refractivity contribution is -0.122. The fourth-order valence-electron chi connectivity index (χ4n) is 4.93. The molecule has 4 rings (SSSR count). The van der Waals surface area contributed by atoms with Crippen molar-refractivity contribution in [3.05, 3.63) is 58.6 Å². The van der Waals surface area contributed by atoms with E-state index in [2.05, 4.69) is 16.4 Å². The Balaban J connectivity index is 0.00000361. The first-order chi connectivity index (χ1) is 16.9. The van der Waals surface area contributed by atoms with Crippen molar-refractivity contribution in [1.82, 2.24) is 19.2 Å². The van der Waals surface area contributed by atoms with Crippen LogP contribution in [0.1, 0.15) is 51.5 Å². The minimum Gasteiger partial charge on any atom is -0.497 e. The van der Waals surface area contributed by atoms with E-state index in [4.69, 9.17) is 4.74 Å². The van der Waals surface area contributed by atoms with E-state index in [1.807, 2.05) is 54.8 Å². The molecule has 196 valence electrons. The summed E-state index contributed by atoms with van der Waals surface area (Å²) in [6.07, 6.45) is 11.2. The van der Waals surface area contributed by atoms with Gasteiger partial charge in [0.2, 0.25) is 5.91 Å². The number of hydrogen-bond donors (Lipinski definition) is 1. The summed E-state index contributed by atoms with van der Waals surface area (Å²) in [5.74, 6) is 0.523. The highest BCUT2D eigenvalue weighted by Crippen LogP contribution is 2.24. The molecule has 1 aliphatic heterocycles. The van der Waals surface area contributed by atoms with Gasteiger partial charge in [-0.3, -0.25) is 14.2 Å². The molecule has 7 nitrogen and oxygen atoms in total. The van der Waals surface area contributed by atoms with Gasteiger partial charge in [0, 0.05) is 24.0 Å². The van der Waals surface area contributed by atoms with E-state index in [1.165, 1.54) is 38.8 Å². The molecule has 3 heterocycles. The van der Waals surface area contributed by atoms with E-state index in [9.17, 15) is 9.59 Å². The van der Waals surface area contributed by atoms with Crippen molar-refractivity contribution in [1.29, 1.82) is 0 Å². The smallest absolute Gasteiger partial charge is 0.275 e. The van der Waals surface area contributed by atoms with Crippen molar-refractivity contribution in [2.75, 3.05) is 26.7 Å². The molecular weight excluding hydrogens is 476 g/mol. The monoisotopic (exact) mass is 514 g/mol. The van der Waals surface area contributed by atoms with Crippen LogP contribution in [0.5, 0.6) is 5.75 Å². The molecule has 0 radical (unpaired) electrons. The zero-order valence-corrected chi connectivity index (χ0v) is 22.5. The highest BCUT2D eigenvalue weighted by Gasteiger charge is 2.16. The van der Waals surface area contributed by atoms with Gasteiger partial charge in [0.25, 0.3) is 5.56 Å². The molecular formula is C28H39ClN4O3. The van der Waals surface area contributed by atoms with E-state index < -0.39 is 0 Å². The van der Waals surface area contributed by atoms with Gasteiger partial charge in [0.15, 0.2) is 0 Å². The average molecular weight is 515 g/mol. The Bertz CT molecular complexity index is 1210. The van der Waals surface area contributed by atoms with Crippen LogP contribution in [0.4, 0.5) is 0 Å². The third kappa shape index (κ3) is 6.92. The van der Waals surface area contributed by atoms with Crippen molar-refractivity contribution in [3.8, 4) is 17.0 Å². The number of methoxy groups -OCH3 is 1. The van der Waals surface area contributed by atoms with Gasteiger partial charge < -0.3 is 19.4 Å². The van der Waals surface area contributed by atoms with Crippen LogP contribution in [-0.2, 0) is 17.8 Å². The molecule has 0 unspecified atom stereocenters. The highest BCUT2D eigenvalue weighted by atomic mass is 35.5. The van der Waals surface area contributed by atoms with Crippen LogP contribution < -0.4 is 15.6 Å². The average Bonchev–Trinajstić information content (AvgIpc) is 3.27. The van der Waals surface area contributed by atoms with Gasteiger partial charge in [-0.05, 0) is 89.3 Å². The number of rotatable bonds is 10. The van der Waals surface area contributed by atoms with E-state index in [0.717, 1.165) is 30.5 Å². The normalized spacial score (nSPS) is 14.1. The second kappa shape index (κ2) is 13.0. The van der Waals surface area contributed by atoms with Crippen molar-refractivity contribution >= 4 is 23.8 Å². The van der Waals surface area contributed by atoms with Crippen LogP contribution in [0.3, 0.4) is 0 Å². The lowest BCUT2D eigenvalue weighted by Crippen LogP contribution is -2.36. The number of nitrogens with one attached hydrogen (secondary N) is 1. The van der Waals surface area contributed by atoms with Crippen molar-refractivity contribution < 1.29 is 9.53 Å². The number of nitrogens with zero attached hydrogens (tertiary/aromatic N) is 3. The number of ether oxygens (including phenoxy) is 1. The maximum atomic E-state index is 13.6. The maximum absolute atomic E-state index is 13.6. The summed E-state index contributed by atoms with van der Waals surface area (Å²) in [6.45, 7) is 7.41. The highest BCUT2D eigenvalue weighted by molar-refractivity contribution is 5.85. The molecule has 1 amide bonds. The lowest BCUT2D eigenvalue weighted by Gasteiger charge is -2.26. The van der Waals surface area contributed by atoms with Crippen molar-refractivity contribution in [2.45, 2.75) is 65.0 Å². The molecule has 1 aliphatic rings. The first kappa shape index (κ1) is 27.8. The third-order valence-corrected chi connectivity index (χ3v) is 6.68. The summed E-state index contributed by atoms with van der Waals surface area (Å²) < 4.78 is 8.88. The molecule has 0 atom stereocenters. The predicted molar refractivity (Wildman–Crippen MR) is 147 cm³/mol. The zero-order valence-electron chi connectivity index (χ0n) is 21.7. The Kier molecular flexibility index (Phi) is 10.0. The molecule has 1 N–H and O–H groups in total. The lowest BCUT2D eigenvalue weighted by atomic mass is 10.1. The van der Waals surface area contributed by atoms with Crippen LogP contribution in [-0.4, -0.2) is 52.6 Å². The summed E-state index contributed by atoms with van der Waals surface area (Å²) >= 11 is 0. The Morgan fingerprint density at radius 3 is 2.58 bits per heavy atom. The molecule has 0 spiro atoms. The number of carbonyl (C=O) groups excluding carboxylic acids is 1. The van der Waals surface area contributed by atoms with Crippen LogP contribution in [0.25, 0.3) is 16.8 Å². The van der Waals surface area contributed by atoms with E-state index >= 15 is 0 Å². The van der Waals surface area contributed by atoms with Gasteiger partial charge >= 0.3 is 0 Å². The van der Waals surface area contributed by atoms with E-state index in [-0.39, 0.29) is 36.5 Å². The number of carbonyl (C=O) groups is 1. The summed E-state index contributed by atoms with van der Waals surface area (Å²) in [4.78, 5) is 28.8. The molecule has 0 bridgehead atoms. The Hall–Kier alpha value is -2.77. The van der Waals surface area contributed by atoms with Gasteiger partial charge in [-0.2, -0.15) is 0 Å². The summed E-state index contributed by atoms with van der Waals surface area (Å²) in [5, 5.41) is 2.90. The van der Waals surface area contributed by atoms with Gasteiger partial charge in [-0.25, -0.2) is 0 Å². The number of aromatic nitrogens is 2. The fourth-order valence-corrected chi connectivity index (χ4v) is 4.93. The summed E-state index contributed by atoms with van der Waals surface area (Å²) in [7, 11) is 1.62. The number of aryl methyl sites for hydroxylation is 1. The minimum atomic E-state index is -0.180. The van der Waals surface area contributed by atoms with Crippen LogP contribution in [0.15, 0.2) is 47.5 Å². The molecule has 0 aliphatic carbocycles. The summed E-state index contributed by atoms with van der Waals surface area (Å²) in [6, 6.07) is 9.58. The molecule has 1 aromatic carbocycles. The SMILES string of the molecule is COc1cccc(-c2cn3cc(CCCCN4CCCCC4)cc3c(=O)n2CC(=O)NC(C)C)c1.Cl. The van der Waals surface area contributed by atoms with Gasteiger partial charge in [-0.1, -0.05) is 18.6 Å². The number of likely N-dealkylation sites (tertiary alicyclic amines) is 1. The Morgan fingerprint density at radius 2 is 1.86 bits per heavy atom. The number of benzene rings is 1. The molecule has 3 aromatic rings. The molecule has 2 aromatic heterocycles. The Labute approximate surface area is 219 Å². The van der Waals surface area contributed by atoms with Gasteiger partial charge in [-0.15, -0.1) is 12.4 Å². The first-order valence-electron chi connectivity index (χ1n) is 12.8. The molecule has 1 saturated heterocycles. The molecule has 0 saturated carbocycles. The first-order valence-corrected chi connectivity index (χ1v) is 12.8. The number of piperidine rings is 1.